The number of urea groups is 1. The van der Waals surface area contributed by atoms with E-state index in [1.165, 1.54) is 70.6 Å². The number of amides is 16. The van der Waals surface area contributed by atoms with Crippen molar-refractivity contribution in [3.63, 3.8) is 0 Å². The Morgan fingerprint density at radius 1 is 0.739 bits per heavy atom. The number of benzene rings is 2. The smallest absolute Gasteiger partial charge is 0.497 e. The SMILES string of the molecule is CC[C@H](C)[C@@H]1NC(=O)CNC(=O)[C@H]2CC(=O)[C@H]([C@@H](C)[C@@H]3COC(=O)O3)NC(=O)C3C[C@@H](OC(=O)N(C)CCN(C)C(=O)OCc4ccc(NC(=O)[C@H](CCCNC(N)=O)NC(=O)[C@@H](NC(=O)CCCCCN5C(=O)C=CC5=O)C(C)C)cc4)CN3C(=O)[C@H](CC(N)=O)CC(=O)[C@H](CS(=O)(=O)c3[nH]c4cc(OC)ccc4c3C2)NC(=O)CNC1=O. The zero-order valence-electron chi connectivity index (χ0n) is 67.3. The van der Waals surface area contributed by atoms with Gasteiger partial charge < -0.3 is 103 Å². The van der Waals surface area contributed by atoms with Crippen molar-refractivity contribution in [2.24, 2.45) is 41.1 Å². The molecule has 119 heavy (non-hydrogen) atoms. The van der Waals surface area contributed by atoms with E-state index in [0.717, 1.165) is 19.6 Å². The van der Waals surface area contributed by atoms with E-state index < -0.39 is 264 Å². The number of cyclic esters (lactones) is 2. The van der Waals surface area contributed by atoms with Crippen molar-refractivity contribution in [1.29, 1.82) is 0 Å². The van der Waals surface area contributed by atoms with Gasteiger partial charge in [0.1, 0.15) is 66.4 Å². The average Bonchev–Trinajstić information content (AvgIpc) is 1.62. The number of likely N-dealkylation sites (N-methyl/N-ethyl adjacent to an activating group) is 2. The number of primary amides is 2. The molecule has 2 fully saturated rings. The molecule has 6 heterocycles. The van der Waals surface area contributed by atoms with Crippen LogP contribution in [0.1, 0.15) is 116 Å². The molecule has 8 rings (SSSR count). The molecule has 1 aromatic heterocycles. The number of carbonyl (C=O) groups is 18. The highest BCUT2D eigenvalue weighted by Gasteiger charge is 2.48. The molecule has 16 amide bonds. The van der Waals surface area contributed by atoms with Gasteiger partial charge in [0.15, 0.2) is 21.4 Å². The zero-order chi connectivity index (χ0) is 87.3. The van der Waals surface area contributed by atoms with Crippen LogP contribution in [0.4, 0.5) is 24.9 Å². The number of fused-ring (bicyclic) bond motifs is 5. The number of unbranched alkanes of at least 4 members (excludes halogenated alkanes) is 2. The molecule has 3 aromatic rings. The number of carbonyl (C=O) groups excluding carboxylic acids is 18. The third-order valence-electron chi connectivity index (χ3n) is 21.2. The van der Waals surface area contributed by atoms with Gasteiger partial charge >= 0.3 is 24.4 Å². The monoisotopic (exact) mass is 1680 g/mol. The topological polar surface area (TPSA) is 577 Å². The van der Waals surface area contributed by atoms with Crippen LogP contribution in [0.2, 0.25) is 0 Å². The molecule has 2 bridgehead atoms. The summed E-state index contributed by atoms with van der Waals surface area (Å²) in [6.45, 7) is 4.86. The van der Waals surface area contributed by atoms with Gasteiger partial charge in [-0.15, -0.1) is 0 Å². The molecule has 0 spiro atoms. The number of anilines is 1. The minimum Gasteiger partial charge on any atom is -0.497 e. The van der Waals surface area contributed by atoms with Crippen molar-refractivity contribution < 1.29 is 118 Å². The summed E-state index contributed by atoms with van der Waals surface area (Å²) in [5.41, 5.74) is 11.7. The molecule has 2 saturated heterocycles. The summed E-state index contributed by atoms with van der Waals surface area (Å²) in [6, 6.07) is 0.405. The number of hydrogen-bond donors (Lipinski definition) is 12. The summed E-state index contributed by atoms with van der Waals surface area (Å²) < 4.78 is 57.9. The fourth-order valence-corrected chi connectivity index (χ4v) is 15.8. The normalized spacial score (nSPS) is 22.4. The number of Topliss-reactive ketones (excluding diaryl/α,β-unsaturated/α-hetero) is 2. The first-order valence-corrected chi connectivity index (χ1v) is 40.7. The van der Waals surface area contributed by atoms with Crippen LogP contribution in [0.25, 0.3) is 10.9 Å². The molecule has 5 aliphatic rings. The fourth-order valence-electron chi connectivity index (χ4n) is 14.1. The molecular weight excluding hydrogens is 1580 g/mol. The number of rotatable bonds is 29. The summed E-state index contributed by atoms with van der Waals surface area (Å²) in [5.74, 6) is -18.9. The number of nitrogens with zero attached hydrogens (tertiary/aromatic N) is 4. The Hall–Kier alpha value is -12.3. The summed E-state index contributed by atoms with van der Waals surface area (Å²) in [7, 11) is -0.981. The van der Waals surface area contributed by atoms with Crippen LogP contribution >= 0.6 is 0 Å². The Morgan fingerprint density at radius 2 is 1.41 bits per heavy atom. The van der Waals surface area contributed by atoms with Gasteiger partial charge in [-0.2, -0.15) is 0 Å². The number of imide groups is 1. The predicted molar refractivity (Wildman–Crippen MR) is 418 cm³/mol. The van der Waals surface area contributed by atoms with E-state index in [-0.39, 0.29) is 80.0 Å². The molecule has 12 atom stereocenters. The fraction of sp³-hybridized carbons (Fsp3) is 0.558. The van der Waals surface area contributed by atoms with Gasteiger partial charge in [0.2, 0.25) is 59.1 Å². The van der Waals surface area contributed by atoms with Gasteiger partial charge in [-0.05, 0) is 79.3 Å². The van der Waals surface area contributed by atoms with E-state index in [1.54, 1.807) is 39.8 Å². The molecule has 2 aromatic carbocycles. The highest BCUT2D eigenvalue weighted by molar-refractivity contribution is 7.91. The van der Waals surface area contributed by atoms with Crippen LogP contribution in [-0.2, 0) is 109 Å². The van der Waals surface area contributed by atoms with Gasteiger partial charge in [-0.1, -0.05) is 59.6 Å². The average molecular weight is 1690 g/mol. The lowest BCUT2D eigenvalue weighted by atomic mass is 9.85. The first-order chi connectivity index (χ1) is 56.3. The molecular formula is C77H104N16O25S. The summed E-state index contributed by atoms with van der Waals surface area (Å²) >= 11 is 0. The van der Waals surface area contributed by atoms with Crippen molar-refractivity contribution in [2.75, 3.05) is 84.7 Å². The molecule has 42 heteroatoms. The van der Waals surface area contributed by atoms with E-state index in [2.05, 4.69) is 52.8 Å². The van der Waals surface area contributed by atoms with Gasteiger partial charge in [-0.3, -0.25) is 72.0 Å². The number of aromatic amines is 1. The molecule has 14 N–H and O–H groups in total. The second-order valence-corrected chi connectivity index (χ2v) is 32.3. The van der Waals surface area contributed by atoms with Crippen LogP contribution in [0.5, 0.6) is 5.75 Å². The second-order valence-electron chi connectivity index (χ2n) is 30.4. The number of nitrogens with two attached hydrogens (primary N) is 2. The van der Waals surface area contributed by atoms with E-state index in [1.807, 2.05) is 0 Å². The molecule has 41 nitrogen and oxygen atoms in total. The number of nitrogens with one attached hydrogen (secondary N) is 10. The molecule has 5 aliphatic heterocycles. The maximum Gasteiger partial charge on any atom is 0.508 e. The van der Waals surface area contributed by atoms with Gasteiger partial charge in [0.25, 0.3) is 11.8 Å². The summed E-state index contributed by atoms with van der Waals surface area (Å²) in [5, 5.41) is 22.6. The van der Waals surface area contributed by atoms with Crippen LogP contribution in [0, 0.1) is 29.6 Å². The first-order valence-electron chi connectivity index (χ1n) is 39.0. The number of sulfone groups is 1. The number of H-pyrrole nitrogens is 1. The molecule has 1 unspecified atom stereocenters. The Bertz CT molecular complexity index is 4500. The molecule has 648 valence electrons. The predicted octanol–water partition coefficient (Wildman–Crippen LogP) is -0.745. The Balaban J connectivity index is 0.973. The third-order valence-corrected chi connectivity index (χ3v) is 22.9. The standard InChI is InChI=1S/C77H104N16O25S/c1-9-41(4)65-70(105)82-34-60(98)84-53-39-119(112,113)72-50(49-21-20-47(114-8)32-52(49)86-72)28-44(67(102)81-35-61(99)88-65)29-56(95)66(42(5)57-38-116-77(111)118-57)89-69(104)54-33-48(36-93(54)73(107)45(30-55(53)94)31-58(78)96)117-76(110)91(7)27-26-90(6)75(109)115-37-43-16-18-46(19-17-43)83-68(103)51(14-13-24-80-74(79)108)85-71(106)64(40(2)3)87-59(97)15-11-10-12-25-92-62(100)22-23-63(92)101/h16-23,32,40-42,44-45,48,51,53-54,57,64-66,86H,9-15,24-31,33-39H2,1-8H3,(H2,78,96)(H,81,102)(H,82,105)(H,83,103)(H,84,98)(H,85,106)(H,87,97)(H,88,99)(H,89,104)(H3,79,80,108)/t41-,42-,44+,45-,48+,51-,53-,54?,57-,64-,65-,66-/m0/s1. The highest BCUT2D eigenvalue weighted by atomic mass is 32.2. The van der Waals surface area contributed by atoms with Crippen molar-refractivity contribution in [2.45, 2.75) is 172 Å². The molecule has 0 aliphatic carbocycles. The number of methoxy groups -OCH3 is 1. The Kier molecular flexibility index (Phi) is 32.7. The lowest BCUT2D eigenvalue weighted by Gasteiger charge is -2.32. The van der Waals surface area contributed by atoms with E-state index in [0.29, 0.717) is 31.2 Å². The summed E-state index contributed by atoms with van der Waals surface area (Å²) in [4.78, 5) is 253. The van der Waals surface area contributed by atoms with E-state index in [4.69, 9.17) is 35.2 Å². The van der Waals surface area contributed by atoms with Crippen LogP contribution in [0.15, 0.2) is 59.6 Å². The summed E-state index contributed by atoms with van der Waals surface area (Å²) in [6.07, 6.45) is -5.51. The van der Waals surface area contributed by atoms with Crippen molar-refractivity contribution in [3.8, 4) is 5.75 Å². The van der Waals surface area contributed by atoms with Crippen LogP contribution < -0.4 is 64.1 Å². The quantitative estimate of drug-likeness (QED) is 0.0176. The van der Waals surface area contributed by atoms with E-state index in [9.17, 15) is 67.1 Å². The Labute approximate surface area is 684 Å². The van der Waals surface area contributed by atoms with Crippen LogP contribution in [-0.4, -0.2) is 268 Å². The van der Waals surface area contributed by atoms with Crippen molar-refractivity contribution >= 4 is 133 Å². The Morgan fingerprint density at radius 3 is 2.05 bits per heavy atom. The first kappa shape index (κ1) is 92.2. The number of ether oxygens (including phenoxy) is 5. The minimum atomic E-state index is -4.98. The number of ketones is 2. The van der Waals surface area contributed by atoms with Gasteiger partial charge in [0.05, 0.1) is 50.0 Å². The highest BCUT2D eigenvalue weighted by Crippen LogP contribution is 2.35. The van der Waals surface area contributed by atoms with Gasteiger partial charge in [0, 0.05) is 114 Å². The maximum atomic E-state index is 15.4. The maximum absolute atomic E-state index is 15.4. The largest absolute Gasteiger partial charge is 0.508 e. The molecule has 0 saturated carbocycles. The van der Waals surface area contributed by atoms with Gasteiger partial charge in [-0.25, -0.2) is 27.6 Å². The lowest BCUT2D eigenvalue weighted by molar-refractivity contribution is -0.145. The molecule has 0 radical (unpaired) electrons. The zero-order valence-corrected chi connectivity index (χ0v) is 68.1. The second kappa shape index (κ2) is 42.2. The number of aromatic nitrogens is 1. The van der Waals surface area contributed by atoms with Crippen molar-refractivity contribution in [1.82, 2.24) is 67.1 Å². The lowest BCUT2D eigenvalue weighted by Crippen LogP contribution is -2.56. The van der Waals surface area contributed by atoms with Crippen LogP contribution in [0.3, 0.4) is 0 Å². The third kappa shape index (κ3) is 25.6. The van der Waals surface area contributed by atoms with E-state index >= 15 is 27.6 Å². The van der Waals surface area contributed by atoms with Crippen molar-refractivity contribution in [3.05, 3.63) is 65.7 Å². The number of hydrogen-bond acceptors (Lipinski definition) is 25. The minimum absolute atomic E-state index is 0.0253.